The van der Waals surface area contributed by atoms with E-state index in [2.05, 4.69) is 15.4 Å². The number of hydrogen-bond acceptors (Lipinski definition) is 4. The standard InChI is InChI=1S/C16H19F3N2O3.ClH/c17-16(18,19)24-14-4-2-1-3-10(14)11-5-12(11)15(23)21-7-9-6-20-8-13(9)22;/h1-4,9,11-13,20,22H,5-8H2,(H,21,23);1H. The molecule has 1 aliphatic carbocycles. The van der Waals surface area contributed by atoms with E-state index in [0.29, 0.717) is 31.6 Å². The van der Waals surface area contributed by atoms with Gasteiger partial charge in [0.2, 0.25) is 5.91 Å². The minimum atomic E-state index is -4.76. The molecule has 1 heterocycles. The van der Waals surface area contributed by atoms with Gasteiger partial charge in [0, 0.05) is 31.5 Å². The van der Waals surface area contributed by atoms with Crippen LogP contribution in [0.3, 0.4) is 0 Å². The Balaban J connectivity index is 0.00000225. The highest BCUT2D eigenvalue weighted by molar-refractivity contribution is 5.85. The van der Waals surface area contributed by atoms with Crippen LogP contribution in [0, 0.1) is 11.8 Å². The van der Waals surface area contributed by atoms with Gasteiger partial charge in [-0.2, -0.15) is 0 Å². The number of ether oxygens (including phenoxy) is 1. The van der Waals surface area contributed by atoms with E-state index in [1.807, 2.05) is 0 Å². The summed E-state index contributed by atoms with van der Waals surface area (Å²) in [6.45, 7) is 1.50. The second kappa shape index (κ2) is 7.80. The van der Waals surface area contributed by atoms with Crippen LogP contribution in [0.25, 0.3) is 0 Å². The van der Waals surface area contributed by atoms with Gasteiger partial charge >= 0.3 is 6.36 Å². The number of halogens is 4. The first kappa shape index (κ1) is 19.8. The van der Waals surface area contributed by atoms with E-state index in [9.17, 15) is 23.1 Å². The van der Waals surface area contributed by atoms with E-state index in [0.717, 1.165) is 0 Å². The molecule has 5 nitrogen and oxygen atoms in total. The lowest BCUT2D eigenvalue weighted by Gasteiger charge is -2.15. The highest BCUT2D eigenvalue weighted by atomic mass is 35.5. The number of nitrogens with one attached hydrogen (secondary N) is 2. The lowest BCUT2D eigenvalue weighted by atomic mass is 10.1. The smallest absolute Gasteiger partial charge is 0.405 e. The number of aliphatic hydroxyl groups is 1. The third-order valence-corrected chi connectivity index (χ3v) is 4.51. The highest BCUT2D eigenvalue weighted by Crippen LogP contribution is 2.51. The van der Waals surface area contributed by atoms with Crippen molar-refractivity contribution in [3.8, 4) is 5.75 Å². The maximum atomic E-state index is 12.5. The van der Waals surface area contributed by atoms with Crippen molar-refractivity contribution in [3.63, 3.8) is 0 Å². The number of amides is 1. The monoisotopic (exact) mass is 380 g/mol. The maximum Gasteiger partial charge on any atom is 0.573 e. The van der Waals surface area contributed by atoms with Gasteiger partial charge < -0.3 is 20.5 Å². The molecule has 1 amide bonds. The van der Waals surface area contributed by atoms with Crippen molar-refractivity contribution in [2.45, 2.75) is 24.8 Å². The van der Waals surface area contributed by atoms with E-state index in [4.69, 9.17) is 0 Å². The second-order valence-corrected chi connectivity index (χ2v) is 6.27. The van der Waals surface area contributed by atoms with Crippen LogP contribution in [0.5, 0.6) is 5.75 Å². The summed E-state index contributed by atoms with van der Waals surface area (Å²) >= 11 is 0. The average molecular weight is 381 g/mol. The van der Waals surface area contributed by atoms with Crippen LogP contribution < -0.4 is 15.4 Å². The van der Waals surface area contributed by atoms with Crippen molar-refractivity contribution >= 4 is 18.3 Å². The Morgan fingerprint density at radius 1 is 1.32 bits per heavy atom. The van der Waals surface area contributed by atoms with Gasteiger partial charge in [-0.3, -0.25) is 4.79 Å². The fourth-order valence-electron chi connectivity index (χ4n) is 3.12. The Labute approximate surface area is 149 Å². The van der Waals surface area contributed by atoms with Gasteiger partial charge in [0.25, 0.3) is 0 Å². The molecule has 2 fully saturated rings. The average Bonchev–Trinajstić information content (AvgIpc) is 3.20. The molecule has 1 aliphatic heterocycles. The Hall–Kier alpha value is -1.51. The van der Waals surface area contributed by atoms with Gasteiger partial charge in [0.1, 0.15) is 5.75 Å². The molecule has 1 aromatic rings. The van der Waals surface area contributed by atoms with Crippen LogP contribution >= 0.6 is 12.4 Å². The SMILES string of the molecule is Cl.O=C(NCC1CNCC1O)C1CC1c1ccccc1OC(F)(F)F. The molecule has 9 heteroatoms. The van der Waals surface area contributed by atoms with Gasteiger partial charge in [0.05, 0.1) is 6.10 Å². The van der Waals surface area contributed by atoms with Crippen LogP contribution in [0.1, 0.15) is 17.9 Å². The zero-order chi connectivity index (χ0) is 17.3. The molecule has 4 atom stereocenters. The lowest BCUT2D eigenvalue weighted by Crippen LogP contribution is -2.35. The van der Waals surface area contributed by atoms with Gasteiger partial charge in [-0.25, -0.2) is 0 Å². The first-order chi connectivity index (χ1) is 11.3. The summed E-state index contributed by atoms with van der Waals surface area (Å²) in [6.07, 6.45) is -4.75. The number of β-amino-alcohol motifs (C(OH)–C–C–N with tert-alkyl or cyclic N) is 1. The molecule has 1 saturated heterocycles. The molecule has 2 aliphatic rings. The topological polar surface area (TPSA) is 70.6 Å². The summed E-state index contributed by atoms with van der Waals surface area (Å²) < 4.78 is 41.4. The Kier molecular flexibility index (Phi) is 6.18. The fraction of sp³-hybridized carbons (Fsp3) is 0.562. The summed E-state index contributed by atoms with van der Waals surface area (Å²) in [5.41, 5.74) is 0.401. The first-order valence-electron chi connectivity index (χ1n) is 7.86. The normalized spacial score (nSPS) is 28.2. The largest absolute Gasteiger partial charge is 0.573 e. The summed E-state index contributed by atoms with van der Waals surface area (Å²) in [5, 5.41) is 15.5. The maximum absolute atomic E-state index is 12.5. The number of aliphatic hydroxyl groups excluding tert-OH is 1. The second-order valence-electron chi connectivity index (χ2n) is 6.27. The zero-order valence-electron chi connectivity index (χ0n) is 13.3. The minimum absolute atomic E-state index is 0. The van der Waals surface area contributed by atoms with Crippen molar-refractivity contribution < 1.29 is 27.8 Å². The van der Waals surface area contributed by atoms with E-state index < -0.39 is 12.5 Å². The van der Waals surface area contributed by atoms with E-state index in [1.54, 1.807) is 12.1 Å². The van der Waals surface area contributed by atoms with E-state index >= 15 is 0 Å². The van der Waals surface area contributed by atoms with Crippen molar-refractivity contribution in [2.24, 2.45) is 11.8 Å². The molecule has 0 bridgehead atoms. The Bertz CT molecular complexity index is 615. The van der Waals surface area contributed by atoms with Crippen LogP contribution in [-0.2, 0) is 4.79 Å². The number of carbonyl (C=O) groups excluding carboxylic acids is 1. The molecule has 0 radical (unpaired) electrons. The highest BCUT2D eigenvalue weighted by Gasteiger charge is 2.46. The molecule has 1 aromatic carbocycles. The Morgan fingerprint density at radius 2 is 2.04 bits per heavy atom. The lowest BCUT2D eigenvalue weighted by molar-refractivity contribution is -0.274. The zero-order valence-corrected chi connectivity index (χ0v) is 14.1. The third-order valence-electron chi connectivity index (χ3n) is 4.51. The first-order valence-corrected chi connectivity index (χ1v) is 7.86. The number of benzene rings is 1. The molecule has 4 unspecified atom stereocenters. The van der Waals surface area contributed by atoms with Gasteiger partial charge in [-0.05, 0) is 24.0 Å². The van der Waals surface area contributed by atoms with Crippen molar-refractivity contribution in [1.29, 1.82) is 0 Å². The molecule has 0 spiro atoms. The fourth-order valence-corrected chi connectivity index (χ4v) is 3.12. The summed E-state index contributed by atoms with van der Waals surface area (Å²) in [5.74, 6) is -1.10. The predicted octanol–water partition coefficient (Wildman–Crippen LogP) is 1.81. The molecule has 0 aromatic heterocycles. The van der Waals surface area contributed by atoms with Crippen molar-refractivity contribution in [3.05, 3.63) is 29.8 Å². The van der Waals surface area contributed by atoms with Gasteiger partial charge in [-0.15, -0.1) is 25.6 Å². The molecular formula is C16H20ClF3N2O3. The van der Waals surface area contributed by atoms with Crippen molar-refractivity contribution in [1.82, 2.24) is 10.6 Å². The molecule has 3 rings (SSSR count). The van der Waals surface area contributed by atoms with E-state index in [-0.39, 0.29) is 41.8 Å². The molecular weight excluding hydrogens is 361 g/mol. The number of para-hydroxylation sites is 1. The van der Waals surface area contributed by atoms with E-state index in [1.165, 1.54) is 12.1 Å². The summed E-state index contributed by atoms with van der Waals surface area (Å²) in [6, 6.07) is 5.92. The van der Waals surface area contributed by atoms with Crippen LogP contribution in [0.4, 0.5) is 13.2 Å². The van der Waals surface area contributed by atoms with Crippen LogP contribution in [-0.4, -0.2) is 43.1 Å². The minimum Gasteiger partial charge on any atom is -0.405 e. The molecule has 3 N–H and O–H groups in total. The number of hydrogen-bond donors (Lipinski definition) is 3. The number of alkyl halides is 3. The molecule has 140 valence electrons. The quantitative estimate of drug-likeness (QED) is 0.728. The predicted molar refractivity (Wildman–Crippen MR) is 86.6 cm³/mol. The number of carbonyl (C=O) groups is 1. The Morgan fingerprint density at radius 3 is 2.68 bits per heavy atom. The van der Waals surface area contributed by atoms with Gasteiger partial charge in [0.15, 0.2) is 0 Å². The van der Waals surface area contributed by atoms with Crippen LogP contribution in [0.2, 0.25) is 0 Å². The molecule has 1 saturated carbocycles. The van der Waals surface area contributed by atoms with Gasteiger partial charge in [-0.1, -0.05) is 18.2 Å². The third kappa shape index (κ3) is 4.99. The molecule has 25 heavy (non-hydrogen) atoms. The summed E-state index contributed by atoms with van der Waals surface area (Å²) in [7, 11) is 0. The van der Waals surface area contributed by atoms with Crippen molar-refractivity contribution in [2.75, 3.05) is 19.6 Å². The number of rotatable bonds is 5. The van der Waals surface area contributed by atoms with Crippen LogP contribution in [0.15, 0.2) is 24.3 Å². The summed E-state index contributed by atoms with van der Waals surface area (Å²) in [4.78, 5) is 12.2.